The molecule has 0 saturated carbocycles. The first-order valence-corrected chi connectivity index (χ1v) is 8.99. The fourth-order valence-corrected chi connectivity index (χ4v) is 2.44. The van der Waals surface area contributed by atoms with Crippen molar-refractivity contribution in [3.63, 3.8) is 0 Å². The Morgan fingerprint density at radius 3 is 2.46 bits per heavy atom. The van der Waals surface area contributed by atoms with E-state index in [4.69, 9.17) is 4.74 Å². The second kappa shape index (κ2) is 9.92. The molecule has 0 aliphatic rings. The molecule has 28 heavy (non-hydrogen) atoms. The molecule has 2 aromatic carbocycles. The lowest BCUT2D eigenvalue weighted by molar-refractivity contribution is -0.137. The Balaban J connectivity index is 2.01. The van der Waals surface area contributed by atoms with Crippen LogP contribution in [-0.2, 0) is 17.3 Å². The highest BCUT2D eigenvalue weighted by Gasteiger charge is 2.31. The number of aryl methyl sites for hydroxylation is 1. The van der Waals surface area contributed by atoms with E-state index in [0.717, 1.165) is 25.0 Å². The van der Waals surface area contributed by atoms with Crippen molar-refractivity contribution < 1.29 is 22.7 Å². The van der Waals surface area contributed by atoms with Crippen LogP contribution in [-0.4, -0.2) is 24.6 Å². The molecular weight excluding hydrogens is 369 g/mol. The fraction of sp³-hybridized carbons (Fsp3) is 0.333. The van der Waals surface area contributed by atoms with Gasteiger partial charge in [0.15, 0.2) is 0 Å². The maximum atomic E-state index is 12.8. The van der Waals surface area contributed by atoms with Gasteiger partial charge in [-0.15, -0.1) is 0 Å². The number of benzene rings is 2. The quantitative estimate of drug-likeness (QED) is 0.434. The average molecular weight is 392 g/mol. The molecule has 0 fully saturated rings. The van der Waals surface area contributed by atoms with Gasteiger partial charge in [0, 0.05) is 12.1 Å². The van der Waals surface area contributed by atoms with Gasteiger partial charge in [-0.05, 0) is 50.5 Å². The molecule has 2 aromatic rings. The summed E-state index contributed by atoms with van der Waals surface area (Å²) in [4.78, 5) is 16.6. The van der Waals surface area contributed by atoms with Crippen molar-refractivity contribution in [2.45, 2.75) is 39.0 Å². The number of amides is 1. The Morgan fingerprint density at radius 2 is 1.82 bits per heavy atom. The number of carbonyl (C=O) groups is 1. The zero-order chi connectivity index (χ0) is 20.6. The Labute approximate surface area is 162 Å². The molecule has 0 spiro atoms. The molecule has 4 nitrogen and oxygen atoms in total. The zero-order valence-corrected chi connectivity index (χ0v) is 15.8. The van der Waals surface area contributed by atoms with Gasteiger partial charge in [-0.1, -0.05) is 36.4 Å². The SMILES string of the molecule is CC(C)OC(=NCCCc1ccccc1)NC(=O)c1cccc(C(F)(F)F)c1. The monoisotopic (exact) mass is 392 g/mol. The number of carbonyl (C=O) groups excluding carboxylic acids is 1. The van der Waals surface area contributed by atoms with Gasteiger partial charge < -0.3 is 4.74 Å². The van der Waals surface area contributed by atoms with Gasteiger partial charge in [0.1, 0.15) is 0 Å². The molecule has 0 unspecified atom stereocenters. The van der Waals surface area contributed by atoms with Gasteiger partial charge in [-0.25, -0.2) is 4.99 Å². The largest absolute Gasteiger partial charge is 0.462 e. The number of hydrogen-bond acceptors (Lipinski definition) is 3. The third kappa shape index (κ3) is 7.06. The Hall–Kier alpha value is -2.83. The average Bonchev–Trinajstić information content (AvgIpc) is 2.65. The van der Waals surface area contributed by atoms with Crippen LogP contribution in [0.2, 0.25) is 0 Å². The van der Waals surface area contributed by atoms with Crippen LogP contribution in [0.1, 0.15) is 41.8 Å². The highest BCUT2D eigenvalue weighted by Crippen LogP contribution is 2.29. The molecular formula is C21H23F3N2O2. The molecule has 0 bridgehead atoms. The summed E-state index contributed by atoms with van der Waals surface area (Å²) in [6.45, 7) is 3.96. The van der Waals surface area contributed by atoms with E-state index in [-0.39, 0.29) is 17.7 Å². The number of ether oxygens (including phenoxy) is 1. The molecule has 1 N–H and O–H groups in total. The maximum absolute atomic E-state index is 12.8. The minimum absolute atomic E-state index is 0.00507. The minimum Gasteiger partial charge on any atom is -0.462 e. The highest BCUT2D eigenvalue weighted by atomic mass is 19.4. The molecule has 7 heteroatoms. The van der Waals surface area contributed by atoms with Crippen LogP contribution in [0.3, 0.4) is 0 Å². The Bertz CT molecular complexity index is 803. The second-order valence-electron chi connectivity index (χ2n) is 6.48. The second-order valence-corrected chi connectivity index (χ2v) is 6.48. The van der Waals surface area contributed by atoms with Crippen LogP contribution >= 0.6 is 0 Å². The van der Waals surface area contributed by atoms with Crippen molar-refractivity contribution in [2.24, 2.45) is 4.99 Å². The number of hydrogen-bond donors (Lipinski definition) is 1. The molecule has 0 heterocycles. The number of rotatable bonds is 6. The van der Waals surface area contributed by atoms with E-state index in [0.29, 0.717) is 6.54 Å². The number of alkyl halides is 3. The Kier molecular flexibility index (Phi) is 7.61. The Morgan fingerprint density at radius 1 is 1.11 bits per heavy atom. The topological polar surface area (TPSA) is 50.7 Å². The van der Waals surface area contributed by atoms with Crippen molar-refractivity contribution in [1.29, 1.82) is 0 Å². The highest BCUT2D eigenvalue weighted by molar-refractivity contribution is 6.04. The van der Waals surface area contributed by atoms with E-state index in [1.54, 1.807) is 13.8 Å². The van der Waals surface area contributed by atoms with Gasteiger partial charge in [0.2, 0.25) is 0 Å². The lowest BCUT2D eigenvalue weighted by Gasteiger charge is -2.14. The van der Waals surface area contributed by atoms with Crippen molar-refractivity contribution in [1.82, 2.24) is 5.32 Å². The molecule has 0 radical (unpaired) electrons. The smallest absolute Gasteiger partial charge is 0.416 e. The summed E-state index contributed by atoms with van der Waals surface area (Å²) in [5.41, 5.74) is 0.183. The normalized spacial score (nSPS) is 12.1. The van der Waals surface area contributed by atoms with Crippen LogP contribution in [0.15, 0.2) is 59.6 Å². The van der Waals surface area contributed by atoms with E-state index in [1.807, 2.05) is 30.3 Å². The molecule has 0 atom stereocenters. The van der Waals surface area contributed by atoms with E-state index in [2.05, 4.69) is 10.3 Å². The predicted octanol–water partition coefficient (Wildman–Crippen LogP) is 4.85. The third-order valence-corrected chi connectivity index (χ3v) is 3.74. The standard InChI is InChI=1S/C21H23F3N2O2/c1-15(2)28-20(25-13-7-10-16-8-4-3-5-9-16)26-19(27)17-11-6-12-18(14-17)21(22,23)24/h3-6,8-9,11-12,14-15H,7,10,13H2,1-2H3,(H,25,26,27). The summed E-state index contributed by atoms with van der Waals surface area (Å²) < 4.78 is 44.0. The maximum Gasteiger partial charge on any atom is 0.416 e. The lowest BCUT2D eigenvalue weighted by Crippen LogP contribution is -2.34. The van der Waals surface area contributed by atoms with Crippen LogP contribution < -0.4 is 5.32 Å². The molecule has 150 valence electrons. The van der Waals surface area contributed by atoms with Crippen molar-refractivity contribution >= 4 is 11.9 Å². The van der Waals surface area contributed by atoms with E-state index < -0.39 is 17.6 Å². The van der Waals surface area contributed by atoms with Gasteiger partial charge in [-0.3, -0.25) is 10.1 Å². The van der Waals surface area contributed by atoms with Crippen LogP contribution in [0, 0.1) is 0 Å². The van der Waals surface area contributed by atoms with Crippen molar-refractivity contribution in [2.75, 3.05) is 6.54 Å². The summed E-state index contributed by atoms with van der Waals surface area (Å²) in [5.74, 6) is -0.700. The zero-order valence-electron chi connectivity index (χ0n) is 15.8. The van der Waals surface area contributed by atoms with Gasteiger partial charge in [-0.2, -0.15) is 13.2 Å². The summed E-state index contributed by atoms with van der Waals surface area (Å²) in [6, 6.07) is 14.1. The molecule has 0 aliphatic carbocycles. The first-order valence-electron chi connectivity index (χ1n) is 8.99. The van der Waals surface area contributed by atoms with Gasteiger partial charge in [0.25, 0.3) is 11.9 Å². The molecule has 2 rings (SSSR count). The number of nitrogens with zero attached hydrogens (tertiary/aromatic N) is 1. The van der Waals surface area contributed by atoms with Gasteiger partial charge in [0.05, 0.1) is 11.7 Å². The van der Waals surface area contributed by atoms with Crippen LogP contribution in [0.25, 0.3) is 0 Å². The minimum atomic E-state index is -4.51. The van der Waals surface area contributed by atoms with Crippen molar-refractivity contribution in [3.05, 3.63) is 71.3 Å². The molecule has 1 amide bonds. The van der Waals surface area contributed by atoms with Gasteiger partial charge >= 0.3 is 6.18 Å². The van der Waals surface area contributed by atoms with E-state index in [9.17, 15) is 18.0 Å². The number of halogens is 3. The number of amidine groups is 1. The molecule has 0 aliphatic heterocycles. The van der Waals surface area contributed by atoms with Crippen molar-refractivity contribution in [3.8, 4) is 0 Å². The summed E-state index contributed by atoms with van der Waals surface area (Å²) >= 11 is 0. The van der Waals surface area contributed by atoms with E-state index in [1.165, 1.54) is 17.7 Å². The number of aliphatic imine (C=N–C) groups is 1. The van der Waals surface area contributed by atoms with Crippen LogP contribution in [0.4, 0.5) is 13.2 Å². The summed E-state index contributed by atoms with van der Waals surface area (Å²) in [7, 11) is 0. The fourth-order valence-electron chi connectivity index (χ4n) is 2.44. The summed E-state index contributed by atoms with van der Waals surface area (Å²) in [6.07, 6.45) is -3.19. The molecule has 0 saturated heterocycles. The number of nitrogens with one attached hydrogen (secondary N) is 1. The summed E-state index contributed by atoms with van der Waals surface area (Å²) in [5, 5.41) is 2.46. The van der Waals surface area contributed by atoms with E-state index >= 15 is 0 Å². The lowest BCUT2D eigenvalue weighted by atomic mass is 10.1. The molecule has 0 aromatic heterocycles. The predicted molar refractivity (Wildman–Crippen MR) is 102 cm³/mol. The third-order valence-electron chi connectivity index (χ3n) is 3.74. The first-order chi connectivity index (χ1) is 13.3. The first kappa shape index (κ1) is 21.5. The van der Waals surface area contributed by atoms with Crippen LogP contribution in [0.5, 0.6) is 0 Å².